The lowest BCUT2D eigenvalue weighted by atomic mass is 9.98. The number of rotatable bonds is 4. The number of aromatic nitrogens is 1. The van der Waals surface area contributed by atoms with Crippen molar-refractivity contribution in [1.29, 1.82) is 0 Å². The second kappa shape index (κ2) is 7.08. The first-order valence-corrected chi connectivity index (χ1v) is 10.7. The molecule has 0 aliphatic heterocycles. The molecule has 144 valence electrons. The summed E-state index contributed by atoms with van der Waals surface area (Å²) in [6.45, 7) is 6.76. The van der Waals surface area contributed by atoms with Crippen LogP contribution in [-0.4, -0.2) is 4.57 Å². The van der Waals surface area contributed by atoms with E-state index in [9.17, 15) is 0 Å². The molecule has 1 heterocycles. The van der Waals surface area contributed by atoms with Crippen LogP contribution in [0.1, 0.15) is 38.8 Å². The predicted octanol–water partition coefficient (Wildman–Crippen LogP) is 8.15. The Morgan fingerprint density at radius 1 is 0.690 bits per heavy atom. The Morgan fingerprint density at radius 3 is 2.21 bits per heavy atom. The molecule has 4 aromatic carbocycles. The van der Waals surface area contributed by atoms with Gasteiger partial charge < -0.3 is 4.57 Å². The van der Waals surface area contributed by atoms with Gasteiger partial charge in [0.2, 0.25) is 0 Å². The maximum atomic E-state index is 2.45. The summed E-state index contributed by atoms with van der Waals surface area (Å²) in [5, 5.41) is 5.32. The van der Waals surface area contributed by atoms with Crippen molar-refractivity contribution < 1.29 is 0 Å². The molecule has 0 unspecified atom stereocenters. The minimum atomic E-state index is 0.432. The number of nitrogens with zero attached hydrogens (tertiary/aromatic N) is 1. The SMILES string of the molecule is CCCc1ccc2cc(-c3ccc4c(c3)c3ccccc3n4C(C)C)ccc2c1. The van der Waals surface area contributed by atoms with Crippen LogP contribution < -0.4 is 0 Å². The zero-order valence-electron chi connectivity index (χ0n) is 17.4. The molecule has 5 rings (SSSR count). The summed E-state index contributed by atoms with van der Waals surface area (Å²) in [4.78, 5) is 0. The van der Waals surface area contributed by atoms with Crippen molar-refractivity contribution in [2.45, 2.75) is 39.7 Å². The van der Waals surface area contributed by atoms with Crippen LogP contribution in [0, 0.1) is 0 Å². The van der Waals surface area contributed by atoms with Gasteiger partial charge in [0.15, 0.2) is 0 Å². The quantitative estimate of drug-likeness (QED) is 0.298. The topological polar surface area (TPSA) is 4.93 Å². The molecule has 0 N–H and O–H groups in total. The molecule has 0 saturated heterocycles. The molecule has 0 aliphatic rings. The maximum Gasteiger partial charge on any atom is 0.0494 e. The van der Waals surface area contributed by atoms with Gasteiger partial charge >= 0.3 is 0 Å². The van der Waals surface area contributed by atoms with E-state index in [0.717, 1.165) is 6.42 Å². The zero-order chi connectivity index (χ0) is 20.0. The molecule has 0 aliphatic carbocycles. The third kappa shape index (κ3) is 3.02. The average molecular weight is 378 g/mol. The molecular formula is C28H27N. The fourth-order valence-corrected chi connectivity index (χ4v) is 4.66. The van der Waals surface area contributed by atoms with E-state index in [4.69, 9.17) is 0 Å². The van der Waals surface area contributed by atoms with Crippen LogP contribution in [0.2, 0.25) is 0 Å². The lowest BCUT2D eigenvalue weighted by Crippen LogP contribution is -1.99. The Bertz CT molecular complexity index is 1340. The third-order valence-corrected chi connectivity index (χ3v) is 6.00. The molecule has 29 heavy (non-hydrogen) atoms. The van der Waals surface area contributed by atoms with Gasteiger partial charge in [-0.3, -0.25) is 0 Å². The van der Waals surface area contributed by atoms with Crippen LogP contribution in [0.5, 0.6) is 0 Å². The zero-order valence-corrected chi connectivity index (χ0v) is 17.4. The molecule has 0 atom stereocenters. The summed E-state index contributed by atoms with van der Waals surface area (Å²) in [7, 11) is 0. The molecular weight excluding hydrogens is 350 g/mol. The molecule has 0 spiro atoms. The highest BCUT2D eigenvalue weighted by atomic mass is 15.0. The van der Waals surface area contributed by atoms with E-state index < -0.39 is 0 Å². The Kier molecular flexibility index (Phi) is 4.39. The van der Waals surface area contributed by atoms with Gasteiger partial charge in [-0.1, -0.05) is 67.9 Å². The molecule has 1 aromatic heterocycles. The Balaban J connectivity index is 1.67. The molecule has 0 amide bonds. The van der Waals surface area contributed by atoms with E-state index >= 15 is 0 Å². The highest BCUT2D eigenvalue weighted by Gasteiger charge is 2.13. The van der Waals surface area contributed by atoms with E-state index in [-0.39, 0.29) is 0 Å². The number of fused-ring (bicyclic) bond motifs is 4. The van der Waals surface area contributed by atoms with Crippen molar-refractivity contribution in [2.75, 3.05) is 0 Å². The number of hydrogen-bond acceptors (Lipinski definition) is 0. The molecule has 0 saturated carbocycles. The Morgan fingerprint density at radius 2 is 1.38 bits per heavy atom. The third-order valence-electron chi connectivity index (χ3n) is 6.00. The summed E-state index contributed by atoms with van der Waals surface area (Å²) in [5.74, 6) is 0. The number of aryl methyl sites for hydroxylation is 1. The molecule has 1 heteroatoms. The van der Waals surface area contributed by atoms with Crippen LogP contribution in [0.3, 0.4) is 0 Å². The highest BCUT2D eigenvalue weighted by Crippen LogP contribution is 2.35. The summed E-state index contributed by atoms with van der Waals surface area (Å²) < 4.78 is 2.45. The second-order valence-corrected chi connectivity index (χ2v) is 8.36. The first-order valence-electron chi connectivity index (χ1n) is 10.7. The van der Waals surface area contributed by atoms with E-state index in [1.165, 1.54) is 55.7 Å². The maximum absolute atomic E-state index is 2.45. The summed E-state index contributed by atoms with van der Waals surface area (Å²) >= 11 is 0. The van der Waals surface area contributed by atoms with Gasteiger partial charge in [-0.2, -0.15) is 0 Å². The van der Waals surface area contributed by atoms with Crippen LogP contribution >= 0.6 is 0 Å². The van der Waals surface area contributed by atoms with Crippen LogP contribution in [0.15, 0.2) is 78.9 Å². The van der Waals surface area contributed by atoms with Gasteiger partial charge in [0, 0.05) is 27.8 Å². The second-order valence-electron chi connectivity index (χ2n) is 8.36. The first kappa shape index (κ1) is 18.0. The molecule has 0 radical (unpaired) electrons. The normalized spacial score (nSPS) is 11.9. The first-order chi connectivity index (χ1) is 14.2. The van der Waals surface area contributed by atoms with Gasteiger partial charge in [0.25, 0.3) is 0 Å². The van der Waals surface area contributed by atoms with E-state index in [1.807, 2.05) is 0 Å². The average Bonchev–Trinajstić information content (AvgIpc) is 3.07. The van der Waals surface area contributed by atoms with Crippen molar-refractivity contribution >= 4 is 32.6 Å². The van der Waals surface area contributed by atoms with Gasteiger partial charge in [0.05, 0.1) is 0 Å². The fourth-order valence-electron chi connectivity index (χ4n) is 4.66. The highest BCUT2D eigenvalue weighted by molar-refractivity contribution is 6.09. The van der Waals surface area contributed by atoms with Crippen LogP contribution in [0.4, 0.5) is 0 Å². The summed E-state index contributed by atoms with van der Waals surface area (Å²) in [6.07, 6.45) is 2.34. The smallest absolute Gasteiger partial charge is 0.0494 e. The number of benzene rings is 4. The van der Waals surface area contributed by atoms with Crippen molar-refractivity contribution in [3.05, 3.63) is 84.4 Å². The van der Waals surface area contributed by atoms with Crippen LogP contribution in [0.25, 0.3) is 43.7 Å². The van der Waals surface area contributed by atoms with Crippen molar-refractivity contribution in [3.8, 4) is 11.1 Å². The Labute approximate surface area is 172 Å². The molecule has 0 bridgehead atoms. The minimum Gasteiger partial charge on any atom is -0.338 e. The van der Waals surface area contributed by atoms with E-state index in [2.05, 4.69) is 104 Å². The Hall–Kier alpha value is -3.06. The van der Waals surface area contributed by atoms with Gasteiger partial charge in [-0.25, -0.2) is 0 Å². The van der Waals surface area contributed by atoms with Gasteiger partial charge in [0.1, 0.15) is 0 Å². The van der Waals surface area contributed by atoms with E-state index in [1.54, 1.807) is 0 Å². The van der Waals surface area contributed by atoms with Crippen molar-refractivity contribution in [3.63, 3.8) is 0 Å². The van der Waals surface area contributed by atoms with Crippen molar-refractivity contribution in [2.24, 2.45) is 0 Å². The van der Waals surface area contributed by atoms with Crippen LogP contribution in [-0.2, 0) is 6.42 Å². The molecule has 0 fully saturated rings. The lowest BCUT2D eigenvalue weighted by molar-refractivity contribution is 0.642. The summed E-state index contributed by atoms with van der Waals surface area (Å²) in [6, 6.07) is 29.9. The lowest BCUT2D eigenvalue weighted by Gasteiger charge is -2.12. The van der Waals surface area contributed by atoms with Gasteiger partial charge in [-0.05, 0) is 72.0 Å². The molecule has 5 aromatic rings. The largest absolute Gasteiger partial charge is 0.338 e. The number of hydrogen-bond donors (Lipinski definition) is 0. The fraction of sp³-hybridized carbons (Fsp3) is 0.214. The predicted molar refractivity (Wildman–Crippen MR) is 127 cm³/mol. The minimum absolute atomic E-state index is 0.432. The summed E-state index contributed by atoms with van der Waals surface area (Å²) in [5.41, 5.74) is 6.62. The molecule has 1 nitrogen and oxygen atoms in total. The van der Waals surface area contributed by atoms with Crippen molar-refractivity contribution in [1.82, 2.24) is 4.57 Å². The standard InChI is InChI=1S/C28H27N/c1-4-7-20-10-11-22-17-23(13-12-21(22)16-20)24-14-15-28-26(18-24)25-8-5-6-9-27(25)29(28)19(2)3/h5-6,8-19H,4,7H2,1-3H3. The van der Waals surface area contributed by atoms with E-state index in [0.29, 0.717) is 6.04 Å². The number of para-hydroxylation sites is 1. The monoisotopic (exact) mass is 377 g/mol. The van der Waals surface area contributed by atoms with Gasteiger partial charge in [-0.15, -0.1) is 0 Å².